The van der Waals surface area contributed by atoms with Gasteiger partial charge in [0, 0.05) is 12.1 Å². The summed E-state index contributed by atoms with van der Waals surface area (Å²) in [6.07, 6.45) is 2.29. The summed E-state index contributed by atoms with van der Waals surface area (Å²) in [5, 5.41) is 9.44. The van der Waals surface area contributed by atoms with Gasteiger partial charge < -0.3 is 10.8 Å². The number of hydrogen-bond donors (Lipinski definition) is 2. The van der Waals surface area contributed by atoms with Crippen LogP contribution in [0, 0.1) is 5.82 Å². The first-order chi connectivity index (χ1) is 6.16. The molecule has 13 heavy (non-hydrogen) atoms. The first kappa shape index (κ1) is 8.51. The lowest BCUT2D eigenvalue weighted by Gasteiger charge is -2.21. The van der Waals surface area contributed by atoms with Gasteiger partial charge in [0.2, 0.25) is 0 Å². The Morgan fingerprint density at radius 3 is 3.00 bits per heavy atom. The van der Waals surface area contributed by atoms with Crippen LogP contribution in [0.3, 0.4) is 0 Å². The summed E-state index contributed by atoms with van der Waals surface area (Å²) in [4.78, 5) is 0. The minimum Gasteiger partial charge on any atom is -0.508 e. The van der Waals surface area contributed by atoms with Gasteiger partial charge in [-0.25, -0.2) is 4.39 Å². The number of halogens is 1. The number of rotatable bonds is 0. The first-order valence-electron chi connectivity index (χ1n) is 4.42. The molecule has 0 aliphatic heterocycles. The van der Waals surface area contributed by atoms with Crippen LogP contribution in [0.1, 0.15) is 17.5 Å². The smallest absolute Gasteiger partial charge is 0.127 e. The fraction of sp³-hybridized carbons (Fsp3) is 0.400. The van der Waals surface area contributed by atoms with E-state index >= 15 is 0 Å². The first-order valence-corrected chi connectivity index (χ1v) is 4.42. The summed E-state index contributed by atoms with van der Waals surface area (Å²) in [6, 6.07) is 2.73. The van der Waals surface area contributed by atoms with Crippen molar-refractivity contribution in [3.05, 3.63) is 29.1 Å². The molecule has 1 aromatic rings. The van der Waals surface area contributed by atoms with Crippen molar-refractivity contribution in [3.63, 3.8) is 0 Å². The average molecular weight is 181 g/mol. The minimum absolute atomic E-state index is 0.0712. The molecule has 1 atom stereocenters. The fourth-order valence-electron chi connectivity index (χ4n) is 1.86. The average Bonchev–Trinajstić information content (AvgIpc) is 2.02. The number of fused-ring (bicyclic) bond motifs is 1. The normalized spacial score (nSPS) is 21.2. The summed E-state index contributed by atoms with van der Waals surface area (Å²) in [5.41, 5.74) is 7.47. The Morgan fingerprint density at radius 1 is 1.46 bits per heavy atom. The maximum absolute atomic E-state index is 12.9. The van der Waals surface area contributed by atoms with Crippen molar-refractivity contribution in [1.29, 1.82) is 0 Å². The van der Waals surface area contributed by atoms with Crippen LogP contribution < -0.4 is 5.73 Å². The lowest BCUT2D eigenvalue weighted by Crippen LogP contribution is -2.27. The third-order valence-corrected chi connectivity index (χ3v) is 2.53. The molecule has 1 aliphatic carbocycles. The predicted molar refractivity (Wildman–Crippen MR) is 48.1 cm³/mol. The lowest BCUT2D eigenvalue weighted by atomic mass is 9.88. The number of nitrogens with two attached hydrogens (primary N) is 1. The van der Waals surface area contributed by atoms with Crippen LogP contribution in [0.15, 0.2) is 12.1 Å². The molecule has 1 aliphatic rings. The molecule has 0 aromatic heterocycles. The second kappa shape index (κ2) is 3.00. The van der Waals surface area contributed by atoms with Crippen molar-refractivity contribution in [2.75, 3.05) is 0 Å². The standard InChI is InChI=1S/C10H12FNO/c11-7-3-6-4-8(12)1-2-9(6)10(13)5-7/h3,5,8,13H,1-2,4,12H2/t8-/m1/s1. The molecule has 3 N–H and O–H groups in total. The van der Waals surface area contributed by atoms with Crippen molar-refractivity contribution in [2.24, 2.45) is 5.73 Å². The second-order valence-corrected chi connectivity index (χ2v) is 3.57. The van der Waals surface area contributed by atoms with E-state index < -0.39 is 0 Å². The van der Waals surface area contributed by atoms with Gasteiger partial charge in [-0.15, -0.1) is 0 Å². The molecule has 2 rings (SSSR count). The number of phenolic OH excluding ortho intramolecular Hbond substituents is 1. The second-order valence-electron chi connectivity index (χ2n) is 3.57. The van der Waals surface area contributed by atoms with Gasteiger partial charge in [0.25, 0.3) is 0 Å². The Balaban J connectivity index is 2.47. The monoisotopic (exact) mass is 181 g/mol. The third kappa shape index (κ3) is 1.52. The van der Waals surface area contributed by atoms with Crippen LogP contribution in [0.2, 0.25) is 0 Å². The van der Waals surface area contributed by atoms with Crippen LogP contribution in [-0.2, 0) is 12.8 Å². The highest BCUT2D eigenvalue weighted by molar-refractivity contribution is 5.41. The number of benzene rings is 1. The van der Waals surface area contributed by atoms with Crippen molar-refractivity contribution in [1.82, 2.24) is 0 Å². The van der Waals surface area contributed by atoms with Crippen molar-refractivity contribution >= 4 is 0 Å². The molecule has 0 saturated heterocycles. The summed E-state index contributed by atoms with van der Waals surface area (Å²) in [5.74, 6) is -0.313. The summed E-state index contributed by atoms with van der Waals surface area (Å²) in [7, 11) is 0. The van der Waals surface area contributed by atoms with Gasteiger partial charge in [0.05, 0.1) is 0 Å². The lowest BCUT2D eigenvalue weighted by molar-refractivity contribution is 0.450. The number of hydrogen-bond acceptors (Lipinski definition) is 2. The topological polar surface area (TPSA) is 46.2 Å². The molecule has 70 valence electrons. The maximum atomic E-state index is 12.9. The summed E-state index contributed by atoms with van der Waals surface area (Å²) in [6.45, 7) is 0. The van der Waals surface area contributed by atoms with Crippen LogP contribution in [0.25, 0.3) is 0 Å². The van der Waals surface area contributed by atoms with Crippen LogP contribution >= 0.6 is 0 Å². The summed E-state index contributed by atoms with van der Waals surface area (Å²) < 4.78 is 12.9. The fourth-order valence-corrected chi connectivity index (χ4v) is 1.86. The maximum Gasteiger partial charge on any atom is 0.127 e. The Kier molecular flexibility index (Phi) is 1.96. The molecule has 0 radical (unpaired) electrons. The van der Waals surface area contributed by atoms with E-state index in [0.29, 0.717) is 6.42 Å². The molecular weight excluding hydrogens is 169 g/mol. The van der Waals surface area contributed by atoms with Gasteiger partial charge in [-0.2, -0.15) is 0 Å². The van der Waals surface area contributed by atoms with Gasteiger partial charge >= 0.3 is 0 Å². The van der Waals surface area contributed by atoms with Crippen molar-refractivity contribution < 1.29 is 9.50 Å². The van der Waals surface area contributed by atoms with E-state index in [1.54, 1.807) is 0 Å². The molecule has 0 bridgehead atoms. The van der Waals surface area contributed by atoms with Gasteiger partial charge in [0.1, 0.15) is 11.6 Å². The van der Waals surface area contributed by atoms with Crippen LogP contribution in [0.4, 0.5) is 4.39 Å². The van der Waals surface area contributed by atoms with Crippen LogP contribution in [0.5, 0.6) is 5.75 Å². The van der Waals surface area contributed by atoms with Gasteiger partial charge in [-0.1, -0.05) is 0 Å². The molecular formula is C10H12FNO. The minimum atomic E-state index is -0.384. The highest BCUT2D eigenvalue weighted by Crippen LogP contribution is 2.29. The quantitative estimate of drug-likeness (QED) is 0.634. The molecule has 0 saturated carbocycles. The van der Waals surface area contributed by atoms with Gasteiger partial charge in [0.15, 0.2) is 0 Å². The van der Waals surface area contributed by atoms with Crippen molar-refractivity contribution in [2.45, 2.75) is 25.3 Å². The zero-order valence-electron chi connectivity index (χ0n) is 7.26. The van der Waals surface area contributed by atoms with Gasteiger partial charge in [-0.3, -0.25) is 0 Å². The van der Waals surface area contributed by atoms with E-state index in [1.165, 1.54) is 6.07 Å². The van der Waals surface area contributed by atoms with E-state index in [-0.39, 0.29) is 17.6 Å². The third-order valence-electron chi connectivity index (χ3n) is 2.53. The van der Waals surface area contributed by atoms with E-state index in [4.69, 9.17) is 5.73 Å². The van der Waals surface area contributed by atoms with E-state index in [2.05, 4.69) is 0 Å². The van der Waals surface area contributed by atoms with Crippen LogP contribution in [-0.4, -0.2) is 11.1 Å². The molecule has 0 fully saturated rings. The summed E-state index contributed by atoms with van der Waals surface area (Å²) >= 11 is 0. The SMILES string of the molecule is N[C@@H]1CCc2c(O)cc(F)cc2C1. The van der Waals surface area contributed by atoms with Crippen molar-refractivity contribution in [3.8, 4) is 5.75 Å². The number of aromatic hydroxyl groups is 1. The van der Waals surface area contributed by atoms with E-state index in [9.17, 15) is 9.50 Å². The Morgan fingerprint density at radius 2 is 2.23 bits per heavy atom. The van der Waals surface area contributed by atoms with Gasteiger partial charge in [-0.05, 0) is 36.5 Å². The Labute approximate surface area is 76.2 Å². The molecule has 2 nitrogen and oxygen atoms in total. The largest absolute Gasteiger partial charge is 0.508 e. The highest BCUT2D eigenvalue weighted by Gasteiger charge is 2.18. The van der Waals surface area contributed by atoms with E-state index in [1.807, 2.05) is 0 Å². The molecule has 0 unspecified atom stereocenters. The molecule has 0 amide bonds. The molecule has 3 heteroatoms. The molecule has 1 aromatic carbocycles. The zero-order valence-corrected chi connectivity index (χ0v) is 7.26. The Bertz CT molecular complexity index is 338. The predicted octanol–water partition coefficient (Wildman–Crippen LogP) is 1.35. The highest BCUT2D eigenvalue weighted by atomic mass is 19.1. The van der Waals surface area contributed by atoms with E-state index in [0.717, 1.165) is 30.0 Å². The Hall–Kier alpha value is -1.09. The number of phenols is 1. The zero-order chi connectivity index (χ0) is 9.42. The molecule has 0 spiro atoms. The molecule has 0 heterocycles.